The molecule has 1 amide bonds. The van der Waals surface area contributed by atoms with Crippen LogP contribution in [0.1, 0.15) is 52.3 Å². The van der Waals surface area contributed by atoms with E-state index in [9.17, 15) is 4.79 Å². The van der Waals surface area contributed by atoms with Crippen LogP contribution in [0, 0.1) is 5.92 Å². The number of carbonyl (C=O) groups excluding carboxylic acids is 1. The maximum absolute atomic E-state index is 11.6. The summed E-state index contributed by atoms with van der Waals surface area (Å²) in [5.41, 5.74) is 0.552. The second kappa shape index (κ2) is 5.23. The van der Waals surface area contributed by atoms with Gasteiger partial charge in [-0.1, -0.05) is 0 Å². The van der Waals surface area contributed by atoms with Crippen molar-refractivity contribution in [1.82, 2.24) is 14.9 Å². The highest BCUT2D eigenvalue weighted by molar-refractivity contribution is 5.67. The van der Waals surface area contributed by atoms with Crippen molar-refractivity contribution in [3.8, 4) is 0 Å². The zero-order valence-corrected chi connectivity index (χ0v) is 12.1. The molecule has 1 saturated carbocycles. The molecular weight excluding hydrogens is 242 g/mol. The van der Waals surface area contributed by atoms with Gasteiger partial charge in [0.25, 0.3) is 0 Å². The van der Waals surface area contributed by atoms with Crippen molar-refractivity contribution >= 4 is 6.09 Å². The Kier molecular flexibility index (Phi) is 3.83. The Balaban J connectivity index is 1.89. The van der Waals surface area contributed by atoms with Crippen LogP contribution in [0.5, 0.6) is 0 Å². The number of hydrogen-bond acceptors (Lipinski definition) is 3. The van der Waals surface area contributed by atoms with Crippen LogP contribution >= 0.6 is 0 Å². The molecule has 19 heavy (non-hydrogen) atoms. The van der Waals surface area contributed by atoms with Gasteiger partial charge in [-0.2, -0.15) is 0 Å². The summed E-state index contributed by atoms with van der Waals surface area (Å²) in [6.45, 7) is 8.21. The average Bonchev–Trinajstić information content (AvgIpc) is 3.02. The minimum absolute atomic E-state index is 0.390. The average molecular weight is 265 g/mol. The molecule has 0 saturated heterocycles. The lowest BCUT2D eigenvalue weighted by Gasteiger charge is -2.20. The predicted molar refractivity (Wildman–Crippen MR) is 72.7 cm³/mol. The van der Waals surface area contributed by atoms with Gasteiger partial charge in [-0.25, -0.2) is 9.78 Å². The van der Waals surface area contributed by atoms with E-state index in [2.05, 4.69) is 21.8 Å². The van der Waals surface area contributed by atoms with Crippen LogP contribution in [0.3, 0.4) is 0 Å². The van der Waals surface area contributed by atoms with E-state index in [1.807, 2.05) is 27.1 Å². The van der Waals surface area contributed by atoms with Crippen molar-refractivity contribution in [2.75, 3.05) is 0 Å². The van der Waals surface area contributed by atoms with Crippen LogP contribution < -0.4 is 5.32 Å². The zero-order valence-electron chi connectivity index (χ0n) is 12.1. The molecule has 1 heterocycles. The normalized spacial score (nSPS) is 17.1. The summed E-state index contributed by atoms with van der Waals surface area (Å²) in [6, 6.07) is 0.456. The predicted octanol–water partition coefficient (Wildman–Crippen LogP) is 2.88. The molecule has 1 unspecified atom stereocenters. The Morgan fingerprint density at radius 3 is 2.84 bits per heavy atom. The molecule has 1 aromatic heterocycles. The number of hydrogen-bond donors (Lipinski definition) is 1. The third-order valence-electron chi connectivity index (χ3n) is 3.30. The second-order valence-corrected chi connectivity index (χ2v) is 6.23. The summed E-state index contributed by atoms with van der Waals surface area (Å²) in [5, 5.41) is 2.77. The van der Waals surface area contributed by atoms with E-state index in [4.69, 9.17) is 4.74 Å². The third kappa shape index (κ3) is 3.98. The van der Waals surface area contributed by atoms with Gasteiger partial charge < -0.3 is 14.6 Å². The first-order valence-electron chi connectivity index (χ1n) is 6.84. The first-order valence-corrected chi connectivity index (χ1v) is 6.84. The van der Waals surface area contributed by atoms with Gasteiger partial charge in [0.05, 0.1) is 18.6 Å². The van der Waals surface area contributed by atoms with Gasteiger partial charge in [0.1, 0.15) is 5.60 Å². The lowest BCUT2D eigenvalue weighted by atomic mass is 10.2. The van der Waals surface area contributed by atoms with Gasteiger partial charge in [-0.15, -0.1) is 0 Å². The number of nitrogens with zero attached hydrogens (tertiary/aromatic N) is 2. The van der Waals surface area contributed by atoms with E-state index >= 15 is 0 Å². The highest BCUT2D eigenvalue weighted by Crippen LogP contribution is 2.39. The van der Waals surface area contributed by atoms with E-state index in [1.54, 1.807) is 6.20 Å². The van der Waals surface area contributed by atoms with Crippen LogP contribution in [0.25, 0.3) is 0 Å². The van der Waals surface area contributed by atoms with E-state index in [1.165, 1.54) is 12.8 Å². The number of rotatable bonds is 4. The highest BCUT2D eigenvalue weighted by atomic mass is 16.6. The fourth-order valence-corrected chi connectivity index (χ4v) is 2.12. The fraction of sp³-hybridized carbons (Fsp3) is 0.714. The topological polar surface area (TPSA) is 56.2 Å². The zero-order chi connectivity index (χ0) is 14.0. The van der Waals surface area contributed by atoms with E-state index in [-0.39, 0.29) is 6.09 Å². The molecule has 1 fully saturated rings. The SMILES string of the molecule is CC(C1CC1)n1cncc1CNC(=O)OC(C)(C)C. The summed E-state index contributed by atoms with van der Waals surface area (Å²) in [6.07, 6.45) is 5.83. The number of imidazole rings is 1. The largest absolute Gasteiger partial charge is 0.444 e. The van der Waals surface area contributed by atoms with Crippen molar-refractivity contribution in [1.29, 1.82) is 0 Å². The lowest BCUT2D eigenvalue weighted by molar-refractivity contribution is 0.0522. The Morgan fingerprint density at radius 2 is 2.26 bits per heavy atom. The van der Waals surface area contributed by atoms with Crippen molar-refractivity contribution < 1.29 is 9.53 Å². The van der Waals surface area contributed by atoms with Gasteiger partial charge in [-0.3, -0.25) is 0 Å². The summed E-state index contributed by atoms with van der Waals surface area (Å²) in [7, 11) is 0. The number of carbonyl (C=O) groups is 1. The van der Waals surface area contributed by atoms with Crippen LogP contribution in [0.15, 0.2) is 12.5 Å². The molecule has 0 radical (unpaired) electrons. The number of ether oxygens (including phenoxy) is 1. The maximum atomic E-state index is 11.6. The van der Waals surface area contributed by atoms with Crippen molar-refractivity contribution in [2.45, 2.75) is 58.7 Å². The summed E-state index contributed by atoms with van der Waals surface area (Å²) in [5.74, 6) is 0.759. The van der Waals surface area contributed by atoms with Crippen LogP contribution in [0.2, 0.25) is 0 Å². The molecular formula is C14H23N3O2. The van der Waals surface area contributed by atoms with Crippen molar-refractivity contribution in [3.63, 3.8) is 0 Å². The van der Waals surface area contributed by atoms with Gasteiger partial charge >= 0.3 is 6.09 Å². The molecule has 0 aromatic carbocycles. The van der Waals surface area contributed by atoms with Gasteiger partial charge in [0.15, 0.2) is 0 Å². The molecule has 5 nitrogen and oxygen atoms in total. The molecule has 1 aliphatic rings. The minimum atomic E-state index is -0.467. The van der Waals surface area contributed by atoms with Crippen molar-refractivity contribution in [3.05, 3.63) is 18.2 Å². The summed E-state index contributed by atoms with van der Waals surface area (Å²) >= 11 is 0. The Hall–Kier alpha value is -1.52. The third-order valence-corrected chi connectivity index (χ3v) is 3.30. The Labute approximate surface area is 114 Å². The Morgan fingerprint density at radius 1 is 1.58 bits per heavy atom. The van der Waals surface area contributed by atoms with Crippen LogP contribution in [-0.2, 0) is 11.3 Å². The minimum Gasteiger partial charge on any atom is -0.444 e. The summed E-state index contributed by atoms with van der Waals surface area (Å²) in [4.78, 5) is 15.8. The number of nitrogens with one attached hydrogen (secondary N) is 1. The lowest BCUT2D eigenvalue weighted by Crippen LogP contribution is -2.32. The molecule has 106 valence electrons. The monoisotopic (exact) mass is 265 g/mol. The molecule has 1 aliphatic carbocycles. The second-order valence-electron chi connectivity index (χ2n) is 6.23. The van der Waals surface area contributed by atoms with E-state index < -0.39 is 5.60 Å². The van der Waals surface area contributed by atoms with Crippen LogP contribution in [0.4, 0.5) is 4.79 Å². The molecule has 1 N–H and O–H groups in total. The number of amides is 1. The fourth-order valence-electron chi connectivity index (χ4n) is 2.12. The molecule has 1 aromatic rings. The molecule has 0 bridgehead atoms. The van der Waals surface area contributed by atoms with Crippen molar-refractivity contribution in [2.24, 2.45) is 5.92 Å². The Bertz CT molecular complexity index is 444. The quantitative estimate of drug-likeness (QED) is 0.910. The first-order chi connectivity index (χ1) is 8.87. The molecule has 0 spiro atoms. The van der Waals surface area contributed by atoms with E-state index in [0.717, 1.165) is 11.6 Å². The van der Waals surface area contributed by atoms with Gasteiger partial charge in [-0.05, 0) is 46.5 Å². The molecule has 5 heteroatoms. The molecule has 1 atom stereocenters. The highest BCUT2D eigenvalue weighted by Gasteiger charge is 2.30. The van der Waals surface area contributed by atoms with E-state index in [0.29, 0.717) is 12.6 Å². The number of aromatic nitrogens is 2. The smallest absolute Gasteiger partial charge is 0.407 e. The molecule has 0 aliphatic heterocycles. The summed E-state index contributed by atoms with van der Waals surface area (Å²) < 4.78 is 7.36. The number of alkyl carbamates (subject to hydrolysis) is 1. The maximum Gasteiger partial charge on any atom is 0.407 e. The molecule has 2 rings (SSSR count). The van der Waals surface area contributed by atoms with Crippen LogP contribution in [-0.4, -0.2) is 21.2 Å². The first kappa shape index (κ1) is 13.9. The standard InChI is InChI=1S/C14H23N3O2/c1-10(11-5-6-11)17-9-15-7-12(17)8-16-13(18)19-14(2,3)4/h7,9-11H,5-6,8H2,1-4H3,(H,16,18). The van der Waals surface area contributed by atoms with Gasteiger partial charge in [0, 0.05) is 12.2 Å². The van der Waals surface area contributed by atoms with Gasteiger partial charge in [0.2, 0.25) is 0 Å².